The normalized spacial score (nSPS) is 16.3. The van der Waals surface area contributed by atoms with Gasteiger partial charge in [-0.1, -0.05) is 23.7 Å². The second kappa shape index (κ2) is 8.19. The van der Waals surface area contributed by atoms with Crippen molar-refractivity contribution in [2.45, 2.75) is 13.0 Å². The van der Waals surface area contributed by atoms with Gasteiger partial charge in [-0.25, -0.2) is 4.39 Å². The van der Waals surface area contributed by atoms with Crippen LogP contribution < -0.4 is 10.2 Å². The Hall–Kier alpha value is -2.95. The van der Waals surface area contributed by atoms with Gasteiger partial charge in [-0.15, -0.1) is 0 Å². The number of amides is 1. The number of thiocarbonyl (C=S) groups is 1. The smallest absolute Gasteiger partial charge is 0.253 e. The van der Waals surface area contributed by atoms with Crippen LogP contribution in [0.2, 0.25) is 5.02 Å². The Morgan fingerprint density at radius 3 is 2.66 bits per heavy atom. The van der Waals surface area contributed by atoms with Crippen LogP contribution in [-0.2, 0) is 4.79 Å². The third-order valence-electron chi connectivity index (χ3n) is 4.63. The third-order valence-corrected chi connectivity index (χ3v) is 5.22. The Bertz CT molecular complexity index is 1080. The molecule has 0 aliphatic carbocycles. The van der Waals surface area contributed by atoms with Crippen LogP contribution in [-0.4, -0.2) is 30.0 Å². The molecule has 1 N–H and O–H groups in total. The highest BCUT2D eigenvalue weighted by Crippen LogP contribution is 2.35. The first-order chi connectivity index (χ1) is 13.7. The molecule has 8 heteroatoms. The molecule has 1 heterocycles. The first-order valence-corrected chi connectivity index (χ1v) is 9.51. The van der Waals surface area contributed by atoms with Gasteiger partial charge in [-0.3, -0.25) is 9.69 Å². The number of hydrogen-bond acceptors (Lipinski definition) is 3. The maximum Gasteiger partial charge on any atom is 0.253 e. The second-order valence-corrected chi connectivity index (χ2v) is 7.55. The average molecular weight is 429 g/mol. The molecular weight excluding hydrogens is 411 g/mol. The van der Waals surface area contributed by atoms with Crippen LogP contribution in [0.1, 0.15) is 24.1 Å². The van der Waals surface area contributed by atoms with E-state index in [1.807, 2.05) is 6.07 Å². The van der Waals surface area contributed by atoms with Crippen LogP contribution in [0.25, 0.3) is 0 Å². The minimum Gasteiger partial charge on any atom is -0.351 e. The summed E-state index contributed by atoms with van der Waals surface area (Å²) < 4.78 is 13.6. The maximum atomic E-state index is 13.6. The van der Waals surface area contributed by atoms with Crippen molar-refractivity contribution in [1.29, 1.82) is 5.26 Å². The fraction of sp³-hybridized carbons (Fsp3) is 0.190. The number of benzene rings is 2. The van der Waals surface area contributed by atoms with Crippen molar-refractivity contribution < 1.29 is 9.18 Å². The number of halogens is 2. The van der Waals surface area contributed by atoms with Gasteiger partial charge in [-0.05, 0) is 55.0 Å². The summed E-state index contributed by atoms with van der Waals surface area (Å²) in [5, 5.41) is 12.7. The molecule has 1 atom stereocenters. The quantitative estimate of drug-likeness (QED) is 0.744. The number of nitrogens with one attached hydrogen (secondary N) is 1. The number of nitrogens with zero attached hydrogens (tertiary/aromatic N) is 3. The Morgan fingerprint density at radius 2 is 2.03 bits per heavy atom. The molecule has 2 aromatic rings. The van der Waals surface area contributed by atoms with Crippen LogP contribution in [0, 0.1) is 17.1 Å². The lowest BCUT2D eigenvalue weighted by Crippen LogP contribution is -2.49. The number of nitriles is 1. The van der Waals surface area contributed by atoms with E-state index in [9.17, 15) is 14.4 Å². The van der Waals surface area contributed by atoms with E-state index in [0.29, 0.717) is 27.6 Å². The van der Waals surface area contributed by atoms with E-state index in [0.717, 1.165) is 5.56 Å². The molecule has 0 bridgehead atoms. The molecule has 0 unspecified atom stereocenters. The van der Waals surface area contributed by atoms with E-state index in [2.05, 4.69) is 11.4 Å². The summed E-state index contributed by atoms with van der Waals surface area (Å²) in [6.45, 7) is 1.78. The number of carbonyl (C=O) groups excluding carboxylic acids is 1. The van der Waals surface area contributed by atoms with Gasteiger partial charge in [0.1, 0.15) is 5.82 Å². The number of allylic oxidation sites excluding steroid dienone is 1. The summed E-state index contributed by atoms with van der Waals surface area (Å²) in [6.07, 6.45) is 0. The van der Waals surface area contributed by atoms with Crippen LogP contribution >= 0.6 is 23.8 Å². The first kappa shape index (κ1) is 20.8. The highest BCUT2D eigenvalue weighted by Gasteiger charge is 2.35. The summed E-state index contributed by atoms with van der Waals surface area (Å²) in [5.74, 6) is -0.744. The van der Waals surface area contributed by atoms with Gasteiger partial charge in [0.2, 0.25) is 0 Å². The number of likely N-dealkylation sites (N-methyl/N-ethyl adjacent to an activating group) is 1. The predicted molar refractivity (Wildman–Crippen MR) is 115 cm³/mol. The third kappa shape index (κ3) is 3.95. The Morgan fingerprint density at radius 1 is 1.31 bits per heavy atom. The van der Waals surface area contributed by atoms with Gasteiger partial charge in [0.05, 0.1) is 28.3 Å². The van der Waals surface area contributed by atoms with Crippen LogP contribution in [0.3, 0.4) is 0 Å². The van der Waals surface area contributed by atoms with Gasteiger partial charge >= 0.3 is 0 Å². The van der Waals surface area contributed by atoms with E-state index >= 15 is 0 Å². The number of carbonyl (C=O) groups is 1. The Kier molecular flexibility index (Phi) is 5.87. The number of rotatable bonds is 3. The van der Waals surface area contributed by atoms with Gasteiger partial charge in [0.25, 0.3) is 5.91 Å². The average Bonchev–Trinajstić information content (AvgIpc) is 2.69. The highest BCUT2D eigenvalue weighted by molar-refractivity contribution is 7.80. The van der Waals surface area contributed by atoms with Crippen molar-refractivity contribution in [3.05, 3.63) is 75.7 Å². The molecule has 3 rings (SSSR count). The summed E-state index contributed by atoms with van der Waals surface area (Å²) in [7, 11) is 3.33. The summed E-state index contributed by atoms with van der Waals surface area (Å²) in [4.78, 5) is 16.2. The molecule has 0 fully saturated rings. The van der Waals surface area contributed by atoms with Crippen molar-refractivity contribution in [2.75, 3.05) is 19.0 Å². The molecule has 2 aromatic carbocycles. The fourth-order valence-corrected chi connectivity index (χ4v) is 3.77. The van der Waals surface area contributed by atoms with E-state index in [1.165, 1.54) is 17.0 Å². The lowest BCUT2D eigenvalue weighted by molar-refractivity contribution is -0.125. The minimum absolute atomic E-state index is 0.0394. The molecule has 0 aromatic heterocycles. The van der Waals surface area contributed by atoms with Crippen molar-refractivity contribution >= 4 is 40.5 Å². The van der Waals surface area contributed by atoms with Crippen LogP contribution in [0.4, 0.5) is 10.1 Å². The van der Waals surface area contributed by atoms with Gasteiger partial charge in [-0.2, -0.15) is 5.26 Å². The summed E-state index contributed by atoms with van der Waals surface area (Å²) in [5.41, 5.74) is 2.84. The summed E-state index contributed by atoms with van der Waals surface area (Å²) >= 11 is 11.5. The van der Waals surface area contributed by atoms with Gasteiger partial charge < -0.3 is 10.2 Å². The molecule has 0 spiro atoms. The van der Waals surface area contributed by atoms with E-state index in [1.54, 1.807) is 50.2 Å². The largest absolute Gasteiger partial charge is 0.351 e. The molecule has 5 nitrogen and oxygen atoms in total. The van der Waals surface area contributed by atoms with Crippen molar-refractivity contribution in [1.82, 2.24) is 10.2 Å². The highest BCUT2D eigenvalue weighted by atomic mass is 35.5. The predicted octanol–water partition coefficient (Wildman–Crippen LogP) is 4.15. The Balaban J connectivity index is 2.19. The molecule has 1 amide bonds. The SMILES string of the molecule is CC1=C(C(=O)N(C)C)[C@@H](c2cccc(C#N)c2)NC(=S)N1c1ccc(F)c(Cl)c1. The van der Waals surface area contributed by atoms with Gasteiger partial charge in [0, 0.05) is 25.5 Å². The molecule has 0 saturated heterocycles. The monoisotopic (exact) mass is 428 g/mol. The van der Waals surface area contributed by atoms with E-state index in [4.69, 9.17) is 23.8 Å². The standard InChI is InChI=1S/C21H18ClFN4OS/c1-12-18(20(28)26(2)3)19(14-6-4-5-13(9-14)11-24)25-21(29)27(12)15-7-8-17(23)16(22)10-15/h4-10,19H,1-3H3,(H,25,29)/t19-/m1/s1. The molecule has 0 radical (unpaired) electrons. The van der Waals surface area contributed by atoms with E-state index in [-0.39, 0.29) is 10.9 Å². The molecule has 1 aliphatic rings. The minimum atomic E-state index is -0.538. The maximum absolute atomic E-state index is 13.6. The Labute approximate surface area is 179 Å². The first-order valence-electron chi connectivity index (χ1n) is 8.72. The van der Waals surface area contributed by atoms with Gasteiger partial charge in [0.15, 0.2) is 5.11 Å². The van der Waals surface area contributed by atoms with Crippen molar-refractivity contribution in [3.63, 3.8) is 0 Å². The zero-order chi connectivity index (χ0) is 21.3. The zero-order valence-corrected chi connectivity index (χ0v) is 17.6. The van der Waals surface area contributed by atoms with Crippen LogP contribution in [0.5, 0.6) is 0 Å². The lowest BCUT2D eigenvalue weighted by Gasteiger charge is -2.38. The van der Waals surface area contributed by atoms with E-state index < -0.39 is 11.9 Å². The lowest BCUT2D eigenvalue weighted by atomic mass is 9.93. The number of anilines is 1. The summed E-state index contributed by atoms with van der Waals surface area (Å²) in [6, 6.07) is 12.9. The topological polar surface area (TPSA) is 59.4 Å². The molecular formula is C21H18ClFN4OS. The van der Waals surface area contributed by atoms with Crippen LogP contribution in [0.15, 0.2) is 53.7 Å². The molecule has 29 heavy (non-hydrogen) atoms. The molecule has 1 aliphatic heterocycles. The van der Waals surface area contributed by atoms with Crippen molar-refractivity contribution in [2.24, 2.45) is 0 Å². The fourth-order valence-electron chi connectivity index (χ4n) is 3.23. The second-order valence-electron chi connectivity index (χ2n) is 6.75. The zero-order valence-electron chi connectivity index (χ0n) is 16.0. The van der Waals surface area contributed by atoms with Crippen molar-refractivity contribution in [3.8, 4) is 6.07 Å². The molecule has 148 valence electrons. The molecule has 0 saturated carbocycles. The number of hydrogen-bond donors (Lipinski definition) is 1.